The van der Waals surface area contributed by atoms with E-state index >= 15 is 0 Å². The highest BCUT2D eigenvalue weighted by Gasteiger charge is 2.26. The zero-order valence-electron chi connectivity index (χ0n) is 9.51. The largest absolute Gasteiger partial charge is 0.316 e. The molecule has 3 atom stereocenters. The Bertz CT molecular complexity index is 143. The second kappa shape index (κ2) is 4.97. The first-order chi connectivity index (χ1) is 6.17. The van der Waals surface area contributed by atoms with Crippen LogP contribution >= 0.6 is 0 Å². The minimum absolute atomic E-state index is 0.674. The second-order valence-corrected chi connectivity index (χ2v) is 4.54. The standard InChI is InChI=1S/C11H24N2/c1-5-11(12-4)8-13-7-9(2)6-10(13)3/h9-12H,5-8H2,1-4H3. The van der Waals surface area contributed by atoms with Gasteiger partial charge >= 0.3 is 0 Å². The van der Waals surface area contributed by atoms with E-state index in [0.717, 1.165) is 12.0 Å². The molecule has 2 nitrogen and oxygen atoms in total. The Balaban J connectivity index is 2.35. The third-order valence-corrected chi connectivity index (χ3v) is 3.27. The third kappa shape index (κ3) is 2.96. The average molecular weight is 184 g/mol. The first kappa shape index (κ1) is 11.0. The van der Waals surface area contributed by atoms with Gasteiger partial charge in [0.05, 0.1) is 0 Å². The van der Waals surface area contributed by atoms with Crippen molar-refractivity contribution in [3.8, 4) is 0 Å². The van der Waals surface area contributed by atoms with Crippen molar-refractivity contribution in [1.82, 2.24) is 10.2 Å². The maximum absolute atomic E-state index is 3.37. The summed E-state index contributed by atoms with van der Waals surface area (Å²) in [5.41, 5.74) is 0. The van der Waals surface area contributed by atoms with Crippen molar-refractivity contribution in [3.05, 3.63) is 0 Å². The Morgan fingerprint density at radius 1 is 1.46 bits per heavy atom. The monoisotopic (exact) mass is 184 g/mol. The topological polar surface area (TPSA) is 15.3 Å². The molecule has 3 unspecified atom stereocenters. The molecule has 0 aromatic rings. The summed E-state index contributed by atoms with van der Waals surface area (Å²) in [5, 5.41) is 3.37. The van der Waals surface area contributed by atoms with Crippen LogP contribution < -0.4 is 5.32 Å². The minimum Gasteiger partial charge on any atom is -0.316 e. The lowest BCUT2D eigenvalue weighted by atomic mass is 10.1. The van der Waals surface area contributed by atoms with Crippen molar-refractivity contribution in [3.63, 3.8) is 0 Å². The van der Waals surface area contributed by atoms with E-state index in [1.54, 1.807) is 0 Å². The van der Waals surface area contributed by atoms with E-state index in [0.29, 0.717) is 6.04 Å². The fourth-order valence-corrected chi connectivity index (χ4v) is 2.35. The lowest BCUT2D eigenvalue weighted by Gasteiger charge is -2.26. The molecule has 0 bridgehead atoms. The summed E-state index contributed by atoms with van der Waals surface area (Å²) in [6.45, 7) is 9.48. The first-order valence-corrected chi connectivity index (χ1v) is 5.58. The van der Waals surface area contributed by atoms with Gasteiger partial charge in [0.25, 0.3) is 0 Å². The van der Waals surface area contributed by atoms with Crippen LogP contribution in [0.25, 0.3) is 0 Å². The molecule has 1 fully saturated rings. The maximum atomic E-state index is 3.37. The normalized spacial score (nSPS) is 32.3. The van der Waals surface area contributed by atoms with Gasteiger partial charge in [-0.3, -0.25) is 4.90 Å². The molecule has 0 saturated carbocycles. The molecule has 1 aliphatic rings. The number of hydrogen-bond acceptors (Lipinski definition) is 2. The zero-order valence-corrected chi connectivity index (χ0v) is 9.51. The van der Waals surface area contributed by atoms with Crippen molar-refractivity contribution < 1.29 is 0 Å². The fraction of sp³-hybridized carbons (Fsp3) is 1.00. The molecule has 1 saturated heterocycles. The number of hydrogen-bond donors (Lipinski definition) is 1. The lowest BCUT2D eigenvalue weighted by Crippen LogP contribution is -2.40. The van der Waals surface area contributed by atoms with Crippen LogP contribution in [0.15, 0.2) is 0 Å². The number of nitrogens with zero attached hydrogens (tertiary/aromatic N) is 1. The van der Waals surface area contributed by atoms with E-state index in [2.05, 4.69) is 38.0 Å². The van der Waals surface area contributed by atoms with E-state index in [4.69, 9.17) is 0 Å². The van der Waals surface area contributed by atoms with E-state index in [1.807, 2.05) is 0 Å². The van der Waals surface area contributed by atoms with Crippen LogP contribution in [0, 0.1) is 5.92 Å². The number of likely N-dealkylation sites (tertiary alicyclic amines) is 1. The summed E-state index contributed by atoms with van der Waals surface area (Å²) in [7, 11) is 2.07. The third-order valence-electron chi connectivity index (χ3n) is 3.27. The van der Waals surface area contributed by atoms with Gasteiger partial charge in [0.15, 0.2) is 0 Å². The molecule has 1 heterocycles. The van der Waals surface area contributed by atoms with Gasteiger partial charge in [-0.1, -0.05) is 13.8 Å². The molecule has 0 amide bonds. The molecule has 0 aromatic heterocycles. The molecule has 0 radical (unpaired) electrons. The summed E-state index contributed by atoms with van der Waals surface area (Å²) in [6.07, 6.45) is 2.61. The molecule has 78 valence electrons. The van der Waals surface area contributed by atoms with Gasteiger partial charge in [-0.05, 0) is 32.7 Å². The van der Waals surface area contributed by atoms with Crippen molar-refractivity contribution in [2.24, 2.45) is 5.92 Å². The molecule has 13 heavy (non-hydrogen) atoms. The van der Waals surface area contributed by atoms with E-state index in [9.17, 15) is 0 Å². The molecule has 1 rings (SSSR count). The molecular formula is C11H24N2. The lowest BCUT2D eigenvalue weighted by molar-refractivity contribution is 0.234. The Hall–Kier alpha value is -0.0800. The van der Waals surface area contributed by atoms with Crippen molar-refractivity contribution in [1.29, 1.82) is 0 Å². The average Bonchev–Trinajstić information content (AvgIpc) is 2.41. The van der Waals surface area contributed by atoms with Gasteiger partial charge in [-0.2, -0.15) is 0 Å². The first-order valence-electron chi connectivity index (χ1n) is 5.58. The highest BCUT2D eigenvalue weighted by atomic mass is 15.2. The van der Waals surface area contributed by atoms with Crippen LogP contribution in [0.3, 0.4) is 0 Å². The van der Waals surface area contributed by atoms with Gasteiger partial charge in [-0.25, -0.2) is 0 Å². The van der Waals surface area contributed by atoms with E-state index in [-0.39, 0.29) is 0 Å². The highest BCUT2D eigenvalue weighted by Crippen LogP contribution is 2.22. The Morgan fingerprint density at radius 2 is 2.15 bits per heavy atom. The van der Waals surface area contributed by atoms with Gasteiger partial charge in [0, 0.05) is 25.2 Å². The molecule has 0 aliphatic carbocycles. The Kier molecular flexibility index (Phi) is 4.20. The molecule has 0 spiro atoms. The predicted octanol–water partition coefficient (Wildman–Crippen LogP) is 1.71. The summed E-state index contributed by atoms with van der Waals surface area (Å²) in [4.78, 5) is 2.62. The smallest absolute Gasteiger partial charge is 0.0189 e. The minimum atomic E-state index is 0.674. The summed E-state index contributed by atoms with van der Waals surface area (Å²) in [6, 6.07) is 1.46. The molecule has 1 N–H and O–H groups in total. The molecule has 1 aliphatic heterocycles. The quantitative estimate of drug-likeness (QED) is 0.715. The molecule has 2 heteroatoms. The summed E-state index contributed by atoms with van der Waals surface area (Å²) in [5.74, 6) is 0.893. The predicted molar refractivity (Wildman–Crippen MR) is 58.0 cm³/mol. The van der Waals surface area contributed by atoms with E-state index < -0.39 is 0 Å². The second-order valence-electron chi connectivity index (χ2n) is 4.54. The highest BCUT2D eigenvalue weighted by molar-refractivity contribution is 4.82. The fourth-order valence-electron chi connectivity index (χ4n) is 2.35. The number of likely N-dealkylation sites (N-methyl/N-ethyl adjacent to an activating group) is 1. The van der Waals surface area contributed by atoms with Crippen molar-refractivity contribution >= 4 is 0 Å². The van der Waals surface area contributed by atoms with Crippen molar-refractivity contribution in [2.75, 3.05) is 20.1 Å². The van der Waals surface area contributed by atoms with Crippen LogP contribution in [0.5, 0.6) is 0 Å². The zero-order chi connectivity index (χ0) is 9.84. The van der Waals surface area contributed by atoms with Crippen LogP contribution in [0.1, 0.15) is 33.6 Å². The van der Waals surface area contributed by atoms with Crippen LogP contribution in [0.4, 0.5) is 0 Å². The molecule has 0 aromatic carbocycles. The van der Waals surface area contributed by atoms with Gasteiger partial charge in [0.2, 0.25) is 0 Å². The van der Waals surface area contributed by atoms with Crippen LogP contribution in [-0.4, -0.2) is 37.1 Å². The number of rotatable bonds is 4. The summed E-state index contributed by atoms with van der Waals surface area (Å²) >= 11 is 0. The van der Waals surface area contributed by atoms with Crippen LogP contribution in [0.2, 0.25) is 0 Å². The Morgan fingerprint density at radius 3 is 2.54 bits per heavy atom. The molecular weight excluding hydrogens is 160 g/mol. The van der Waals surface area contributed by atoms with Crippen LogP contribution in [-0.2, 0) is 0 Å². The Labute approximate surface area is 82.7 Å². The van der Waals surface area contributed by atoms with Gasteiger partial charge in [-0.15, -0.1) is 0 Å². The number of nitrogens with one attached hydrogen (secondary N) is 1. The van der Waals surface area contributed by atoms with Gasteiger partial charge < -0.3 is 5.32 Å². The maximum Gasteiger partial charge on any atom is 0.0189 e. The SMILES string of the molecule is CCC(CN1CC(C)CC1C)NC. The van der Waals surface area contributed by atoms with E-state index in [1.165, 1.54) is 25.9 Å². The summed E-state index contributed by atoms with van der Waals surface area (Å²) < 4.78 is 0. The van der Waals surface area contributed by atoms with Gasteiger partial charge in [0.1, 0.15) is 0 Å². The van der Waals surface area contributed by atoms with Crippen molar-refractivity contribution in [2.45, 2.75) is 45.7 Å².